The van der Waals surface area contributed by atoms with Crippen molar-refractivity contribution >= 4 is 55.5 Å². The van der Waals surface area contributed by atoms with Crippen molar-refractivity contribution in [2.24, 2.45) is 5.92 Å². The van der Waals surface area contributed by atoms with Crippen LogP contribution in [0.3, 0.4) is 0 Å². The Morgan fingerprint density at radius 2 is 1.36 bits per heavy atom. The van der Waals surface area contributed by atoms with Crippen molar-refractivity contribution in [3.63, 3.8) is 0 Å². The van der Waals surface area contributed by atoms with Gasteiger partial charge in [-0.3, -0.25) is 0 Å². The third kappa shape index (κ3) is 9.25. The Bertz CT molecular complexity index is 2920. The van der Waals surface area contributed by atoms with Gasteiger partial charge in [-0.2, -0.15) is 36.3 Å². The summed E-state index contributed by atoms with van der Waals surface area (Å²) in [4.78, 5) is 0. The van der Waals surface area contributed by atoms with Crippen LogP contribution in [0.15, 0.2) is 122 Å². The minimum absolute atomic E-state index is 0. The van der Waals surface area contributed by atoms with Crippen molar-refractivity contribution < 1.29 is 34.0 Å². The Balaban J connectivity index is 0.000000185. The first-order valence-corrected chi connectivity index (χ1v) is 25.2. The molecule has 4 nitrogen and oxygen atoms in total. The predicted octanol–water partition coefficient (Wildman–Crippen LogP) is 12.7. The van der Waals surface area contributed by atoms with Crippen LogP contribution in [0.5, 0.6) is 5.75 Å². The largest absolute Gasteiger partial charge is 0.499 e. The third-order valence-corrected chi connectivity index (χ3v) is 15.3. The molecule has 0 bridgehead atoms. The summed E-state index contributed by atoms with van der Waals surface area (Å²) in [6.07, 6.45) is 12.5. The Morgan fingerprint density at radius 1 is 0.705 bits per heavy atom. The van der Waals surface area contributed by atoms with E-state index >= 15 is 0 Å². The van der Waals surface area contributed by atoms with Gasteiger partial charge in [0.2, 0.25) is 0 Å². The number of hydrogen-bond acceptors (Lipinski definition) is 3. The van der Waals surface area contributed by atoms with Gasteiger partial charge in [-0.05, 0) is 73.1 Å². The van der Waals surface area contributed by atoms with Gasteiger partial charge in [0.1, 0.15) is 0 Å². The Labute approximate surface area is 380 Å². The predicted molar refractivity (Wildman–Crippen MR) is 255 cm³/mol. The molecule has 0 aliphatic heterocycles. The van der Waals surface area contributed by atoms with E-state index in [2.05, 4.69) is 133 Å². The summed E-state index contributed by atoms with van der Waals surface area (Å²) in [5.74, 6) is 1.69. The molecule has 0 saturated heterocycles. The third-order valence-electron chi connectivity index (χ3n) is 12.1. The van der Waals surface area contributed by atoms with E-state index < -0.39 is 8.07 Å². The number of fused-ring (bicyclic) bond motifs is 4. The summed E-state index contributed by atoms with van der Waals surface area (Å²) in [7, 11) is 8.83. The minimum atomic E-state index is -1.45. The fourth-order valence-electron chi connectivity index (χ4n) is 8.81. The zero-order chi connectivity index (χ0) is 42.1. The number of pyridine rings is 2. The van der Waals surface area contributed by atoms with E-state index in [4.69, 9.17) is 10.00 Å². The summed E-state index contributed by atoms with van der Waals surface area (Å²) in [6, 6.07) is 40.0. The fourth-order valence-corrected chi connectivity index (χ4v) is 11.7. The molecule has 1 aliphatic rings. The molecule has 5 aromatic carbocycles. The summed E-state index contributed by atoms with van der Waals surface area (Å²) in [5.41, 5.74) is 10.9. The van der Waals surface area contributed by atoms with E-state index in [0.29, 0.717) is 5.56 Å². The SMILES string of the molecule is [CH2-]c1cc2sc3cc(-c4ccc(C#N)cc4)ccc3c2cc1-c1cc2ccccc2c[n+]1[CH2-].[CH2-]c1ccc(OC)cc1-c1cc(CC2CCCCC2)c([Si](C)(C)C)c[n+]1[CH2-].[Ir]. The molecule has 0 spiro atoms. The number of methoxy groups -OCH3 is 1. The molecule has 0 N–H and O–H groups in total. The summed E-state index contributed by atoms with van der Waals surface area (Å²) >= 11 is 1.79. The van der Waals surface area contributed by atoms with E-state index in [1.807, 2.05) is 51.6 Å². The minimum Gasteiger partial charge on any atom is -0.499 e. The molecular formula is C54H53IrN3OSSi-2. The van der Waals surface area contributed by atoms with Crippen LogP contribution >= 0.6 is 11.3 Å². The Hall–Kier alpha value is -5.48. The van der Waals surface area contributed by atoms with Crippen molar-refractivity contribution in [2.45, 2.75) is 58.2 Å². The Morgan fingerprint density at radius 3 is 2.07 bits per heavy atom. The number of rotatable bonds is 7. The average molecular weight is 1010 g/mol. The van der Waals surface area contributed by atoms with Crippen LogP contribution < -0.4 is 19.1 Å². The van der Waals surface area contributed by atoms with Gasteiger partial charge in [-0.1, -0.05) is 130 Å². The molecule has 0 unspecified atom stereocenters. The average Bonchev–Trinajstić information content (AvgIpc) is 3.60. The number of ether oxygens (including phenoxy) is 1. The summed E-state index contributed by atoms with van der Waals surface area (Å²) in [5, 5.41) is 15.4. The monoisotopic (exact) mass is 1010 g/mol. The van der Waals surface area contributed by atoms with Crippen molar-refractivity contribution in [3.8, 4) is 45.5 Å². The molecule has 1 aliphatic carbocycles. The number of thiophene rings is 1. The first kappa shape index (κ1) is 43.6. The van der Waals surface area contributed by atoms with Crippen LogP contribution in [0.25, 0.3) is 64.6 Å². The Kier molecular flexibility index (Phi) is 13.0. The van der Waals surface area contributed by atoms with Gasteiger partial charge in [0.05, 0.1) is 56.3 Å². The van der Waals surface area contributed by atoms with Crippen molar-refractivity contribution in [1.82, 2.24) is 0 Å². The van der Waals surface area contributed by atoms with E-state index in [1.165, 1.54) is 75.0 Å². The molecule has 0 atom stereocenters. The van der Waals surface area contributed by atoms with Gasteiger partial charge in [-0.15, -0.1) is 34.6 Å². The second-order valence-corrected chi connectivity index (χ2v) is 23.4. The fraction of sp³-hybridized carbons (Fsp3) is 0.204. The van der Waals surface area contributed by atoms with Gasteiger partial charge in [0, 0.05) is 38.9 Å². The van der Waals surface area contributed by atoms with Gasteiger partial charge in [0.15, 0.2) is 0 Å². The van der Waals surface area contributed by atoms with Crippen LogP contribution in [-0.2, 0) is 26.5 Å². The van der Waals surface area contributed by atoms with Gasteiger partial charge in [0.25, 0.3) is 0 Å². The topological polar surface area (TPSA) is 40.8 Å². The second-order valence-electron chi connectivity index (χ2n) is 17.3. The van der Waals surface area contributed by atoms with Gasteiger partial charge < -0.3 is 13.9 Å². The van der Waals surface area contributed by atoms with E-state index in [0.717, 1.165) is 56.4 Å². The summed E-state index contributed by atoms with van der Waals surface area (Å²) in [6.45, 7) is 15.9. The van der Waals surface area contributed by atoms with Crippen LogP contribution in [0, 0.1) is 45.2 Å². The molecule has 1 radical (unpaired) electrons. The molecule has 61 heavy (non-hydrogen) atoms. The van der Waals surface area contributed by atoms with Crippen molar-refractivity contribution in [1.29, 1.82) is 5.26 Å². The van der Waals surface area contributed by atoms with E-state index in [-0.39, 0.29) is 20.1 Å². The number of hydrogen-bond donors (Lipinski definition) is 0. The first-order chi connectivity index (χ1) is 28.9. The molecule has 0 amide bonds. The number of benzene rings is 5. The van der Waals surface area contributed by atoms with Gasteiger partial charge >= 0.3 is 0 Å². The van der Waals surface area contributed by atoms with Crippen molar-refractivity contribution in [3.05, 3.63) is 172 Å². The maximum Gasteiger partial charge on any atom is 0.0991 e. The zero-order valence-electron chi connectivity index (χ0n) is 35.7. The van der Waals surface area contributed by atoms with Gasteiger partial charge in [-0.25, -0.2) is 0 Å². The van der Waals surface area contributed by atoms with Crippen LogP contribution in [-0.4, -0.2) is 15.2 Å². The maximum atomic E-state index is 9.06. The van der Waals surface area contributed by atoms with E-state index in [9.17, 15) is 0 Å². The number of nitriles is 1. The normalized spacial score (nSPS) is 13.0. The molecule has 8 aromatic rings. The molecule has 7 heteroatoms. The molecule has 311 valence electrons. The number of aromatic nitrogens is 2. The molecule has 1 saturated carbocycles. The molecule has 3 aromatic heterocycles. The van der Waals surface area contributed by atoms with E-state index in [1.54, 1.807) is 23.6 Å². The molecule has 3 heterocycles. The molecule has 1 fully saturated rings. The molecule has 9 rings (SSSR count). The zero-order valence-corrected chi connectivity index (χ0v) is 39.9. The first-order valence-electron chi connectivity index (χ1n) is 20.9. The number of nitrogens with zero attached hydrogens (tertiary/aromatic N) is 3. The van der Waals surface area contributed by atoms with Crippen LogP contribution in [0.1, 0.15) is 54.4 Å². The summed E-state index contributed by atoms with van der Waals surface area (Å²) < 4.78 is 11.9. The van der Waals surface area contributed by atoms with Crippen molar-refractivity contribution in [2.75, 3.05) is 7.11 Å². The second kappa shape index (κ2) is 18.2. The van der Waals surface area contributed by atoms with Crippen LogP contribution in [0.2, 0.25) is 19.6 Å². The van der Waals surface area contributed by atoms with Crippen LogP contribution in [0.4, 0.5) is 0 Å². The molecular weight excluding hydrogens is 959 g/mol. The standard InChI is InChI=1S/C30H19N2S.C24H34NOSi.Ir/c1-19-13-29-27(16-26(19)28-14-22-5-3-4-6-24(22)18-32(28)2)25-12-11-23(15-30(25)33-29)21-9-7-20(17-31)8-10-21;1-18-12-13-21(26-3)16-22(18)23-15-20(14-19-10-8-7-9-11-19)24(17-25(23)2)27(4,5)6;/h3-16,18H,1-2H2;12-13,15-17,19H,1-2,7-11,14H2,3-6H3;/q2*-1;. The quantitative estimate of drug-likeness (QED) is 0.0907. The smallest absolute Gasteiger partial charge is 0.0991 e. The maximum absolute atomic E-state index is 9.06.